The molecule has 4 atom stereocenters. The highest BCUT2D eigenvalue weighted by Gasteiger charge is 2.39. The number of aliphatic carboxylic acids is 1. The molecule has 1 saturated heterocycles. The number of carbonyl (C=O) groups is 2. The summed E-state index contributed by atoms with van der Waals surface area (Å²) in [6.45, 7) is 1.83. The van der Waals surface area contributed by atoms with Crippen LogP contribution in [0.1, 0.15) is 51.4 Å². The summed E-state index contributed by atoms with van der Waals surface area (Å²) in [6, 6.07) is 0. The molecule has 2 aliphatic carbocycles. The van der Waals surface area contributed by atoms with Gasteiger partial charge >= 0.3 is 5.97 Å². The number of fused-ring (bicyclic) bond motifs is 1. The van der Waals surface area contributed by atoms with Gasteiger partial charge < -0.3 is 10.0 Å². The van der Waals surface area contributed by atoms with E-state index in [0.717, 1.165) is 31.8 Å². The Bertz CT molecular complexity index is 395. The molecule has 1 N–H and O–H groups in total. The van der Waals surface area contributed by atoms with Gasteiger partial charge in [-0.3, -0.25) is 9.59 Å². The molecule has 1 amide bonds. The molecule has 3 aliphatic rings. The highest BCUT2D eigenvalue weighted by atomic mass is 16.4. The highest BCUT2D eigenvalue weighted by molar-refractivity contribution is 5.81. The number of carboxylic acid groups (broad SMARTS) is 1. The van der Waals surface area contributed by atoms with Crippen molar-refractivity contribution < 1.29 is 14.7 Å². The van der Waals surface area contributed by atoms with E-state index in [1.54, 1.807) is 0 Å². The van der Waals surface area contributed by atoms with Gasteiger partial charge in [0.1, 0.15) is 0 Å². The Balaban J connectivity index is 1.57. The van der Waals surface area contributed by atoms with Gasteiger partial charge in [0.25, 0.3) is 0 Å². The van der Waals surface area contributed by atoms with E-state index in [2.05, 4.69) is 0 Å². The summed E-state index contributed by atoms with van der Waals surface area (Å²) in [7, 11) is 0. The summed E-state index contributed by atoms with van der Waals surface area (Å²) in [5, 5.41) is 9.05. The number of carboxylic acids is 1. The van der Waals surface area contributed by atoms with Crippen molar-refractivity contribution in [2.45, 2.75) is 51.4 Å². The van der Waals surface area contributed by atoms with Crippen molar-refractivity contribution in [3.05, 3.63) is 0 Å². The maximum atomic E-state index is 12.6. The van der Waals surface area contributed by atoms with Crippen LogP contribution >= 0.6 is 0 Å². The fraction of sp³-hybridized carbons (Fsp3) is 0.875. The van der Waals surface area contributed by atoms with Gasteiger partial charge in [0.2, 0.25) is 5.91 Å². The molecule has 2 saturated carbocycles. The molecule has 4 nitrogen and oxygen atoms in total. The fourth-order valence-corrected chi connectivity index (χ4v) is 4.49. The number of likely N-dealkylation sites (tertiary alicyclic amines) is 1. The number of hydrogen-bond donors (Lipinski definition) is 1. The summed E-state index contributed by atoms with van der Waals surface area (Å²) >= 11 is 0. The molecular weight excluding hydrogens is 254 g/mol. The minimum atomic E-state index is -0.730. The molecule has 20 heavy (non-hydrogen) atoms. The van der Waals surface area contributed by atoms with Crippen molar-refractivity contribution in [2.75, 3.05) is 13.1 Å². The SMILES string of the molecule is O=C(O)[C@H]1CC[C@@H](C(=O)N2CCC3CCCCC3C2)C1. The van der Waals surface area contributed by atoms with E-state index < -0.39 is 5.97 Å². The average molecular weight is 279 g/mol. The first-order valence-corrected chi connectivity index (χ1v) is 8.16. The average Bonchev–Trinajstić information content (AvgIpc) is 2.96. The van der Waals surface area contributed by atoms with Crippen molar-refractivity contribution in [1.82, 2.24) is 4.90 Å². The Morgan fingerprint density at radius 2 is 1.60 bits per heavy atom. The van der Waals surface area contributed by atoms with Crippen molar-refractivity contribution in [1.29, 1.82) is 0 Å². The van der Waals surface area contributed by atoms with E-state index in [-0.39, 0.29) is 17.7 Å². The van der Waals surface area contributed by atoms with Crippen LogP contribution in [0, 0.1) is 23.7 Å². The van der Waals surface area contributed by atoms with Gasteiger partial charge in [-0.15, -0.1) is 0 Å². The molecule has 0 radical (unpaired) electrons. The predicted molar refractivity (Wildman–Crippen MR) is 75.1 cm³/mol. The van der Waals surface area contributed by atoms with Crippen LogP contribution in [-0.4, -0.2) is 35.0 Å². The van der Waals surface area contributed by atoms with Gasteiger partial charge in [0.05, 0.1) is 5.92 Å². The number of amides is 1. The molecule has 0 bridgehead atoms. The van der Waals surface area contributed by atoms with Gasteiger partial charge in [-0.05, 0) is 43.9 Å². The van der Waals surface area contributed by atoms with Crippen LogP contribution in [-0.2, 0) is 9.59 Å². The Morgan fingerprint density at radius 1 is 0.900 bits per heavy atom. The van der Waals surface area contributed by atoms with Gasteiger partial charge in [0.15, 0.2) is 0 Å². The van der Waals surface area contributed by atoms with Crippen molar-refractivity contribution in [2.24, 2.45) is 23.7 Å². The van der Waals surface area contributed by atoms with Crippen LogP contribution in [0.25, 0.3) is 0 Å². The number of rotatable bonds is 2. The second-order valence-corrected chi connectivity index (χ2v) is 6.92. The lowest BCUT2D eigenvalue weighted by atomic mass is 9.75. The molecule has 0 spiro atoms. The first kappa shape index (κ1) is 13.9. The maximum Gasteiger partial charge on any atom is 0.306 e. The van der Waals surface area contributed by atoms with Crippen LogP contribution in [0.5, 0.6) is 0 Å². The molecule has 1 heterocycles. The Kier molecular flexibility index (Phi) is 3.99. The normalized spacial score (nSPS) is 37.5. The number of hydrogen-bond acceptors (Lipinski definition) is 2. The summed E-state index contributed by atoms with van der Waals surface area (Å²) in [5.41, 5.74) is 0. The Hall–Kier alpha value is -1.06. The fourth-order valence-electron chi connectivity index (χ4n) is 4.49. The lowest BCUT2D eigenvalue weighted by Crippen LogP contribution is -2.46. The van der Waals surface area contributed by atoms with Crippen LogP contribution < -0.4 is 0 Å². The summed E-state index contributed by atoms with van der Waals surface area (Å²) in [5.74, 6) is 0.720. The molecule has 4 heteroatoms. The number of nitrogens with zero attached hydrogens (tertiary/aromatic N) is 1. The quantitative estimate of drug-likeness (QED) is 0.845. The topological polar surface area (TPSA) is 57.6 Å². The molecule has 0 aromatic carbocycles. The molecule has 112 valence electrons. The van der Waals surface area contributed by atoms with Crippen molar-refractivity contribution in [3.8, 4) is 0 Å². The van der Waals surface area contributed by atoms with Gasteiger partial charge in [-0.2, -0.15) is 0 Å². The van der Waals surface area contributed by atoms with Crippen molar-refractivity contribution in [3.63, 3.8) is 0 Å². The first-order chi connectivity index (χ1) is 9.65. The van der Waals surface area contributed by atoms with Crippen LogP contribution in [0.3, 0.4) is 0 Å². The summed E-state index contributed by atoms with van der Waals surface area (Å²) < 4.78 is 0. The minimum absolute atomic E-state index is 0.0313. The third-order valence-electron chi connectivity index (χ3n) is 5.73. The van der Waals surface area contributed by atoms with E-state index in [1.165, 1.54) is 25.7 Å². The maximum absolute atomic E-state index is 12.6. The number of carbonyl (C=O) groups excluding carboxylic acids is 1. The van der Waals surface area contributed by atoms with Crippen molar-refractivity contribution >= 4 is 11.9 Å². The Morgan fingerprint density at radius 3 is 2.30 bits per heavy atom. The monoisotopic (exact) mass is 279 g/mol. The second kappa shape index (κ2) is 5.74. The van der Waals surface area contributed by atoms with E-state index in [4.69, 9.17) is 5.11 Å². The van der Waals surface area contributed by atoms with E-state index >= 15 is 0 Å². The zero-order chi connectivity index (χ0) is 14.1. The zero-order valence-electron chi connectivity index (χ0n) is 12.1. The third kappa shape index (κ3) is 2.70. The smallest absolute Gasteiger partial charge is 0.306 e. The highest BCUT2D eigenvalue weighted by Crippen LogP contribution is 2.38. The molecular formula is C16H25NO3. The molecule has 2 unspecified atom stereocenters. The summed E-state index contributed by atoms with van der Waals surface area (Å²) in [4.78, 5) is 25.6. The van der Waals surface area contributed by atoms with Gasteiger partial charge in [-0.1, -0.05) is 19.3 Å². The van der Waals surface area contributed by atoms with Gasteiger partial charge in [0, 0.05) is 19.0 Å². The Labute approximate surface area is 120 Å². The third-order valence-corrected chi connectivity index (χ3v) is 5.73. The van der Waals surface area contributed by atoms with E-state index in [0.29, 0.717) is 18.8 Å². The zero-order valence-corrected chi connectivity index (χ0v) is 12.1. The van der Waals surface area contributed by atoms with E-state index in [1.807, 2.05) is 4.90 Å². The van der Waals surface area contributed by atoms with Gasteiger partial charge in [-0.25, -0.2) is 0 Å². The number of piperidine rings is 1. The lowest BCUT2D eigenvalue weighted by Gasteiger charge is -2.42. The van der Waals surface area contributed by atoms with Crippen LogP contribution in [0.4, 0.5) is 0 Å². The molecule has 0 aromatic heterocycles. The lowest BCUT2D eigenvalue weighted by molar-refractivity contribution is -0.142. The first-order valence-electron chi connectivity index (χ1n) is 8.16. The summed E-state index contributed by atoms with van der Waals surface area (Å²) in [6.07, 6.45) is 8.44. The molecule has 1 aliphatic heterocycles. The predicted octanol–water partition coefficient (Wildman–Crippen LogP) is 2.53. The second-order valence-electron chi connectivity index (χ2n) is 6.92. The molecule has 3 rings (SSSR count). The van der Waals surface area contributed by atoms with Crippen LogP contribution in [0.2, 0.25) is 0 Å². The molecule has 0 aromatic rings. The van der Waals surface area contributed by atoms with E-state index in [9.17, 15) is 9.59 Å². The molecule has 3 fully saturated rings. The standard InChI is InChI=1S/C16H25NO3/c18-15(12-5-6-13(9-12)16(19)20)17-8-7-11-3-1-2-4-14(11)10-17/h11-14H,1-10H2,(H,19,20)/t11?,12-,13+,14?/m1/s1. The largest absolute Gasteiger partial charge is 0.481 e. The minimum Gasteiger partial charge on any atom is -0.481 e. The van der Waals surface area contributed by atoms with Crippen LogP contribution in [0.15, 0.2) is 0 Å².